The summed E-state index contributed by atoms with van der Waals surface area (Å²) in [6.45, 7) is 13.6. The molecule has 4 nitrogen and oxygen atoms in total. The summed E-state index contributed by atoms with van der Waals surface area (Å²) in [5, 5.41) is 0. The van der Waals surface area contributed by atoms with Crippen LogP contribution < -0.4 is 0 Å². The van der Waals surface area contributed by atoms with E-state index in [4.69, 9.17) is 14.2 Å². The maximum atomic E-state index is 12.0. The number of ether oxygens (including phenoxy) is 3. The van der Waals surface area contributed by atoms with Crippen LogP contribution in [-0.4, -0.2) is 32.1 Å². The molecule has 0 unspecified atom stereocenters. The summed E-state index contributed by atoms with van der Waals surface area (Å²) in [6, 6.07) is 0. The van der Waals surface area contributed by atoms with Gasteiger partial charge in [0.2, 0.25) is 0 Å². The molecule has 0 rings (SSSR count). The monoisotopic (exact) mass is 541 g/mol. The lowest BCUT2D eigenvalue weighted by Crippen LogP contribution is -2.24. The van der Waals surface area contributed by atoms with Crippen molar-refractivity contribution in [2.75, 3.05) is 19.8 Å². The Morgan fingerprint density at radius 3 is 1.45 bits per heavy atom. The van der Waals surface area contributed by atoms with Crippen molar-refractivity contribution in [3.05, 3.63) is 0 Å². The van der Waals surface area contributed by atoms with Gasteiger partial charge >= 0.3 is 5.97 Å². The molecule has 0 aromatic heterocycles. The SMILES string of the molecule is CCCCCCCCCCOC(=O)CCCCCCC(OCC(CCC)CCC)OCC(CCC)CCC. The summed E-state index contributed by atoms with van der Waals surface area (Å²) >= 11 is 0. The molecule has 0 fully saturated rings. The van der Waals surface area contributed by atoms with Crippen LogP contribution in [0.4, 0.5) is 0 Å². The maximum absolute atomic E-state index is 12.0. The molecule has 0 N–H and O–H groups in total. The smallest absolute Gasteiger partial charge is 0.305 e. The van der Waals surface area contributed by atoms with E-state index in [9.17, 15) is 4.79 Å². The second-order valence-electron chi connectivity index (χ2n) is 11.6. The predicted molar refractivity (Wildman–Crippen MR) is 164 cm³/mol. The van der Waals surface area contributed by atoms with Crippen LogP contribution in [0.3, 0.4) is 0 Å². The van der Waals surface area contributed by atoms with E-state index in [-0.39, 0.29) is 12.3 Å². The Labute approximate surface area is 238 Å². The predicted octanol–water partition coefficient (Wildman–Crippen LogP) is 10.8. The Hall–Kier alpha value is -0.610. The third-order valence-electron chi connectivity index (χ3n) is 7.66. The minimum Gasteiger partial charge on any atom is -0.466 e. The summed E-state index contributed by atoms with van der Waals surface area (Å²) in [7, 11) is 0. The molecule has 4 heteroatoms. The van der Waals surface area contributed by atoms with Crippen molar-refractivity contribution in [1.82, 2.24) is 0 Å². The van der Waals surface area contributed by atoms with Crippen LogP contribution in [0.1, 0.15) is 176 Å². The normalized spacial score (nSPS) is 11.8. The first-order chi connectivity index (χ1) is 18.6. The third-order valence-corrected chi connectivity index (χ3v) is 7.66. The van der Waals surface area contributed by atoms with Gasteiger partial charge in [-0.15, -0.1) is 0 Å². The Balaban J connectivity index is 4.14. The number of hydrogen-bond acceptors (Lipinski definition) is 4. The molecule has 0 aliphatic heterocycles. The Morgan fingerprint density at radius 1 is 0.500 bits per heavy atom. The fourth-order valence-electron chi connectivity index (χ4n) is 5.38. The lowest BCUT2D eigenvalue weighted by molar-refractivity contribution is -0.162. The Kier molecular flexibility index (Phi) is 28.9. The van der Waals surface area contributed by atoms with Gasteiger partial charge in [0.25, 0.3) is 0 Å². The van der Waals surface area contributed by atoms with Crippen molar-refractivity contribution in [3.8, 4) is 0 Å². The molecular weight excluding hydrogens is 472 g/mol. The molecule has 0 atom stereocenters. The van der Waals surface area contributed by atoms with Gasteiger partial charge in [-0.05, 0) is 63.2 Å². The minimum atomic E-state index is -0.0842. The summed E-state index contributed by atoms with van der Waals surface area (Å²) in [4.78, 5) is 12.0. The van der Waals surface area contributed by atoms with Gasteiger partial charge in [0.1, 0.15) is 0 Å². The molecule has 0 bridgehead atoms. The van der Waals surface area contributed by atoms with Gasteiger partial charge in [0.05, 0.1) is 19.8 Å². The molecule has 0 heterocycles. The van der Waals surface area contributed by atoms with Crippen LogP contribution in [0.2, 0.25) is 0 Å². The highest BCUT2D eigenvalue weighted by Gasteiger charge is 2.16. The molecule has 0 radical (unpaired) electrons. The second-order valence-corrected chi connectivity index (χ2v) is 11.6. The highest BCUT2D eigenvalue weighted by atomic mass is 16.7. The van der Waals surface area contributed by atoms with Crippen molar-refractivity contribution in [1.29, 1.82) is 0 Å². The summed E-state index contributed by atoms with van der Waals surface area (Å²) in [5.74, 6) is 1.28. The molecule has 0 aliphatic carbocycles. The van der Waals surface area contributed by atoms with Crippen molar-refractivity contribution < 1.29 is 19.0 Å². The lowest BCUT2D eigenvalue weighted by atomic mass is 9.99. The molecule has 38 heavy (non-hydrogen) atoms. The zero-order chi connectivity index (χ0) is 28.1. The van der Waals surface area contributed by atoms with Crippen LogP contribution in [0.5, 0.6) is 0 Å². The first-order valence-corrected chi connectivity index (χ1v) is 17.0. The van der Waals surface area contributed by atoms with E-state index in [0.29, 0.717) is 24.9 Å². The first-order valence-electron chi connectivity index (χ1n) is 17.0. The number of carbonyl (C=O) groups excluding carboxylic acids is 1. The number of hydrogen-bond donors (Lipinski definition) is 0. The van der Waals surface area contributed by atoms with Gasteiger partial charge < -0.3 is 14.2 Å². The fraction of sp³-hybridized carbons (Fsp3) is 0.971. The maximum Gasteiger partial charge on any atom is 0.305 e. The van der Waals surface area contributed by atoms with E-state index in [2.05, 4.69) is 34.6 Å². The van der Waals surface area contributed by atoms with Crippen molar-refractivity contribution in [3.63, 3.8) is 0 Å². The standard InChI is InChI=1S/C34H68O4/c1-6-11-12-13-14-15-18-21-28-36-33(35)26-19-16-17-20-27-34(37-29-31(22-7-2)23-8-3)38-30-32(24-9-4)25-10-5/h31-32,34H,6-30H2,1-5H3. The number of unbranched alkanes of at least 4 members (excludes halogenated alkanes) is 10. The van der Waals surface area contributed by atoms with Crippen LogP contribution in [-0.2, 0) is 19.0 Å². The molecule has 0 saturated heterocycles. The quantitative estimate of drug-likeness (QED) is 0.0516. The zero-order valence-corrected chi connectivity index (χ0v) is 26.5. The molecule has 0 spiro atoms. The van der Waals surface area contributed by atoms with Crippen molar-refractivity contribution in [2.24, 2.45) is 11.8 Å². The van der Waals surface area contributed by atoms with E-state index >= 15 is 0 Å². The molecule has 0 aliphatic rings. The molecule has 0 aromatic rings. The largest absolute Gasteiger partial charge is 0.466 e. The van der Waals surface area contributed by atoms with Crippen LogP contribution in [0, 0.1) is 11.8 Å². The van der Waals surface area contributed by atoms with Crippen molar-refractivity contribution in [2.45, 2.75) is 182 Å². The third kappa shape index (κ3) is 24.4. The van der Waals surface area contributed by atoms with Gasteiger partial charge in [-0.3, -0.25) is 4.79 Å². The molecule has 0 aromatic carbocycles. The topological polar surface area (TPSA) is 44.8 Å². The van der Waals surface area contributed by atoms with Gasteiger partial charge in [0, 0.05) is 6.42 Å². The summed E-state index contributed by atoms with van der Waals surface area (Å²) < 4.78 is 18.2. The van der Waals surface area contributed by atoms with Gasteiger partial charge in [-0.25, -0.2) is 0 Å². The first kappa shape index (κ1) is 37.4. The van der Waals surface area contributed by atoms with Gasteiger partial charge in [-0.1, -0.05) is 118 Å². The number of rotatable bonds is 30. The zero-order valence-electron chi connectivity index (χ0n) is 26.5. The fourth-order valence-corrected chi connectivity index (χ4v) is 5.38. The highest BCUT2D eigenvalue weighted by Crippen LogP contribution is 2.20. The summed E-state index contributed by atoms with van der Waals surface area (Å²) in [6.07, 6.45) is 25.6. The van der Waals surface area contributed by atoms with Crippen molar-refractivity contribution >= 4 is 5.97 Å². The van der Waals surface area contributed by atoms with E-state index in [1.54, 1.807) is 0 Å². The van der Waals surface area contributed by atoms with Gasteiger partial charge in [-0.2, -0.15) is 0 Å². The van der Waals surface area contributed by atoms with E-state index in [1.807, 2.05) is 0 Å². The van der Waals surface area contributed by atoms with E-state index in [0.717, 1.165) is 51.7 Å². The summed E-state index contributed by atoms with van der Waals surface area (Å²) in [5.41, 5.74) is 0. The van der Waals surface area contributed by atoms with Gasteiger partial charge in [0.15, 0.2) is 6.29 Å². The average molecular weight is 541 g/mol. The number of esters is 1. The van der Waals surface area contributed by atoms with Crippen LogP contribution in [0.25, 0.3) is 0 Å². The second kappa shape index (κ2) is 29.4. The Bertz CT molecular complexity index is 449. The number of carbonyl (C=O) groups is 1. The molecular formula is C34H68O4. The Morgan fingerprint density at radius 2 is 0.947 bits per heavy atom. The van der Waals surface area contributed by atoms with E-state index in [1.165, 1.54) is 96.3 Å². The minimum absolute atomic E-state index is 0.0201. The molecule has 228 valence electrons. The van der Waals surface area contributed by atoms with Crippen LogP contribution in [0.15, 0.2) is 0 Å². The van der Waals surface area contributed by atoms with Crippen LogP contribution >= 0.6 is 0 Å². The molecule has 0 amide bonds. The average Bonchev–Trinajstić information content (AvgIpc) is 2.91. The lowest BCUT2D eigenvalue weighted by Gasteiger charge is -2.25. The highest BCUT2D eigenvalue weighted by molar-refractivity contribution is 5.69. The molecule has 0 saturated carbocycles. The van der Waals surface area contributed by atoms with E-state index < -0.39 is 0 Å².